The number of carbonyl (C=O) groups excluding carboxylic acids is 2. The molecule has 2 aromatic heterocycles. The Kier molecular flexibility index (Phi) is 7.09. The highest BCUT2D eigenvalue weighted by Crippen LogP contribution is 2.30. The summed E-state index contributed by atoms with van der Waals surface area (Å²) in [4.78, 5) is 34.6. The minimum atomic E-state index is -0.633. The highest BCUT2D eigenvalue weighted by molar-refractivity contribution is 9.10. The van der Waals surface area contributed by atoms with Crippen molar-refractivity contribution < 1.29 is 14.3 Å². The quantitative estimate of drug-likeness (QED) is 0.215. The number of pyridine rings is 1. The standard InChI is InChI=1S/C27H17BrClN3O3S/c28-17-7-5-6-16(12-17)24-15-36-27(31-24)32-25(33)14-35-26(34)20-13-23(19-9-1-3-10-21(19)29)30-22-11-4-2-8-18(20)22/h1-13,15H,14H2,(H,31,32,33). The molecule has 0 bridgehead atoms. The molecule has 178 valence electrons. The third kappa shape index (κ3) is 5.31. The lowest BCUT2D eigenvalue weighted by molar-refractivity contribution is -0.119. The summed E-state index contributed by atoms with van der Waals surface area (Å²) < 4.78 is 6.29. The molecule has 6 nitrogen and oxygen atoms in total. The number of hydrogen-bond acceptors (Lipinski definition) is 6. The summed E-state index contributed by atoms with van der Waals surface area (Å²) in [7, 11) is 0. The summed E-state index contributed by atoms with van der Waals surface area (Å²) >= 11 is 11.1. The van der Waals surface area contributed by atoms with Gasteiger partial charge in [-0.1, -0.05) is 76.1 Å². The molecule has 9 heteroatoms. The van der Waals surface area contributed by atoms with Gasteiger partial charge in [-0.3, -0.25) is 10.1 Å². The van der Waals surface area contributed by atoms with Crippen molar-refractivity contribution in [1.82, 2.24) is 9.97 Å². The third-order valence-corrected chi connectivity index (χ3v) is 6.87. The maximum absolute atomic E-state index is 13.0. The number of aromatic nitrogens is 2. The van der Waals surface area contributed by atoms with Crippen molar-refractivity contribution in [1.29, 1.82) is 0 Å². The van der Waals surface area contributed by atoms with Crippen molar-refractivity contribution in [3.63, 3.8) is 0 Å². The Labute approximate surface area is 224 Å². The number of halogens is 2. The highest BCUT2D eigenvalue weighted by atomic mass is 79.9. The fourth-order valence-corrected chi connectivity index (χ4v) is 4.99. The second-order valence-corrected chi connectivity index (χ2v) is 9.91. The van der Waals surface area contributed by atoms with Crippen molar-refractivity contribution >= 4 is 66.8 Å². The number of rotatable bonds is 6. The molecule has 0 aliphatic carbocycles. The number of anilines is 1. The van der Waals surface area contributed by atoms with Gasteiger partial charge in [-0.2, -0.15) is 0 Å². The summed E-state index contributed by atoms with van der Waals surface area (Å²) in [6.07, 6.45) is 0. The van der Waals surface area contributed by atoms with Gasteiger partial charge in [0.2, 0.25) is 0 Å². The van der Waals surface area contributed by atoms with Gasteiger partial charge < -0.3 is 4.74 Å². The Balaban J connectivity index is 1.31. The molecule has 1 N–H and O–H groups in total. The molecule has 0 atom stereocenters. The summed E-state index contributed by atoms with van der Waals surface area (Å²) in [5, 5.41) is 6.09. The first-order chi connectivity index (χ1) is 17.5. The van der Waals surface area contributed by atoms with Gasteiger partial charge in [0, 0.05) is 31.4 Å². The molecule has 0 aliphatic rings. The van der Waals surface area contributed by atoms with Gasteiger partial charge in [-0.25, -0.2) is 14.8 Å². The Hall–Kier alpha value is -3.59. The van der Waals surface area contributed by atoms with Crippen LogP contribution < -0.4 is 5.32 Å². The van der Waals surface area contributed by atoms with E-state index in [0.717, 1.165) is 15.7 Å². The van der Waals surface area contributed by atoms with Crippen LogP contribution in [-0.4, -0.2) is 28.5 Å². The largest absolute Gasteiger partial charge is 0.452 e. The molecular weight excluding hydrogens is 562 g/mol. The van der Waals surface area contributed by atoms with E-state index in [4.69, 9.17) is 16.3 Å². The number of nitrogens with zero attached hydrogens (tertiary/aromatic N) is 2. The van der Waals surface area contributed by atoms with Crippen LogP contribution in [0, 0.1) is 0 Å². The van der Waals surface area contributed by atoms with Gasteiger partial charge in [0.1, 0.15) is 0 Å². The molecule has 0 spiro atoms. The van der Waals surface area contributed by atoms with Gasteiger partial charge in [0.05, 0.1) is 22.5 Å². The topological polar surface area (TPSA) is 81.2 Å². The Bertz CT molecular complexity index is 1600. The summed E-state index contributed by atoms with van der Waals surface area (Å²) in [6, 6.07) is 23.9. The van der Waals surface area contributed by atoms with E-state index in [2.05, 4.69) is 31.2 Å². The van der Waals surface area contributed by atoms with E-state index >= 15 is 0 Å². The zero-order valence-corrected chi connectivity index (χ0v) is 21.7. The first-order valence-electron chi connectivity index (χ1n) is 10.8. The SMILES string of the molecule is O=C(COC(=O)c1cc(-c2ccccc2Cl)nc2ccccc12)Nc1nc(-c2cccc(Br)c2)cs1. The minimum absolute atomic E-state index is 0.300. The van der Waals surface area contributed by atoms with Gasteiger partial charge >= 0.3 is 5.97 Å². The van der Waals surface area contributed by atoms with Gasteiger partial charge in [0.25, 0.3) is 5.91 Å². The van der Waals surface area contributed by atoms with Gasteiger partial charge in [-0.15, -0.1) is 11.3 Å². The third-order valence-electron chi connectivity index (χ3n) is 5.29. The first-order valence-corrected chi connectivity index (χ1v) is 12.9. The maximum atomic E-state index is 13.0. The lowest BCUT2D eigenvalue weighted by atomic mass is 10.0. The molecule has 0 saturated heterocycles. The average molecular weight is 579 g/mol. The number of thiazole rings is 1. The smallest absolute Gasteiger partial charge is 0.339 e. The lowest BCUT2D eigenvalue weighted by Gasteiger charge is -2.11. The molecular formula is C27H17BrClN3O3S. The van der Waals surface area contributed by atoms with Crippen molar-refractivity contribution in [2.75, 3.05) is 11.9 Å². The molecule has 5 rings (SSSR count). The van der Waals surface area contributed by atoms with Crippen molar-refractivity contribution in [3.05, 3.63) is 99.3 Å². The van der Waals surface area contributed by atoms with E-state index in [1.807, 2.05) is 66.0 Å². The molecule has 0 fully saturated rings. The van der Waals surface area contributed by atoms with E-state index in [0.29, 0.717) is 37.9 Å². The number of esters is 1. The molecule has 0 saturated carbocycles. The predicted octanol–water partition coefficient (Wildman–Crippen LogP) is 7.24. The van der Waals surface area contributed by atoms with E-state index < -0.39 is 18.5 Å². The number of benzene rings is 3. The van der Waals surface area contributed by atoms with E-state index in [1.165, 1.54) is 11.3 Å². The Morgan fingerprint density at radius 1 is 0.944 bits per heavy atom. The van der Waals surface area contributed by atoms with Crippen molar-refractivity contribution in [2.24, 2.45) is 0 Å². The first kappa shape index (κ1) is 24.1. The molecule has 3 aromatic carbocycles. The summed E-state index contributed by atoms with van der Waals surface area (Å²) in [6.45, 7) is -0.456. The fourth-order valence-electron chi connectivity index (χ4n) is 3.63. The number of carbonyl (C=O) groups is 2. The number of para-hydroxylation sites is 1. The van der Waals surface area contributed by atoms with E-state index in [9.17, 15) is 9.59 Å². The number of nitrogens with one attached hydrogen (secondary N) is 1. The van der Waals surface area contributed by atoms with Crippen LogP contribution in [0.25, 0.3) is 33.4 Å². The summed E-state index contributed by atoms with van der Waals surface area (Å²) in [5.74, 6) is -1.12. The van der Waals surface area contributed by atoms with E-state index in [-0.39, 0.29) is 0 Å². The van der Waals surface area contributed by atoms with Crippen LogP contribution in [0.15, 0.2) is 88.7 Å². The van der Waals surface area contributed by atoms with Crippen LogP contribution in [0.2, 0.25) is 5.02 Å². The number of ether oxygens (including phenoxy) is 1. The van der Waals surface area contributed by atoms with Crippen molar-refractivity contribution in [2.45, 2.75) is 0 Å². The minimum Gasteiger partial charge on any atom is -0.452 e. The van der Waals surface area contributed by atoms with Crippen LogP contribution in [0.1, 0.15) is 10.4 Å². The number of amides is 1. The zero-order valence-electron chi connectivity index (χ0n) is 18.6. The van der Waals surface area contributed by atoms with Crippen LogP contribution in [0.3, 0.4) is 0 Å². The number of fused-ring (bicyclic) bond motifs is 1. The average Bonchev–Trinajstić information content (AvgIpc) is 3.35. The zero-order chi connectivity index (χ0) is 25.1. The van der Waals surface area contributed by atoms with Crippen molar-refractivity contribution in [3.8, 4) is 22.5 Å². The predicted molar refractivity (Wildman–Crippen MR) is 146 cm³/mol. The molecule has 0 unspecified atom stereocenters. The molecule has 0 radical (unpaired) electrons. The summed E-state index contributed by atoms with van der Waals surface area (Å²) in [5.41, 5.74) is 3.82. The van der Waals surface area contributed by atoms with E-state index in [1.54, 1.807) is 18.2 Å². The number of hydrogen-bond donors (Lipinski definition) is 1. The maximum Gasteiger partial charge on any atom is 0.339 e. The van der Waals surface area contributed by atoms with Crippen LogP contribution >= 0.6 is 38.9 Å². The monoisotopic (exact) mass is 577 g/mol. The molecule has 1 amide bonds. The van der Waals surface area contributed by atoms with Crippen LogP contribution in [0.5, 0.6) is 0 Å². The van der Waals surface area contributed by atoms with Gasteiger partial charge in [0.15, 0.2) is 11.7 Å². The van der Waals surface area contributed by atoms with Crippen LogP contribution in [0.4, 0.5) is 5.13 Å². The molecule has 36 heavy (non-hydrogen) atoms. The lowest BCUT2D eigenvalue weighted by Crippen LogP contribution is -2.21. The second-order valence-electron chi connectivity index (χ2n) is 7.72. The highest BCUT2D eigenvalue weighted by Gasteiger charge is 2.18. The normalized spacial score (nSPS) is 10.8. The molecule has 0 aliphatic heterocycles. The van der Waals surface area contributed by atoms with Gasteiger partial charge in [-0.05, 0) is 30.3 Å². The van der Waals surface area contributed by atoms with Crippen LogP contribution in [-0.2, 0) is 9.53 Å². The molecule has 5 aromatic rings. The fraction of sp³-hybridized carbons (Fsp3) is 0.0370. The Morgan fingerprint density at radius 3 is 2.58 bits per heavy atom. The molecule has 2 heterocycles. The second kappa shape index (κ2) is 10.6. The Morgan fingerprint density at radius 2 is 1.75 bits per heavy atom.